The maximum Gasteiger partial charge on any atom is 0.0540 e. The summed E-state index contributed by atoms with van der Waals surface area (Å²) in [5.74, 6) is 0. The second kappa shape index (κ2) is 19.5. The van der Waals surface area contributed by atoms with Gasteiger partial charge < -0.3 is 14.7 Å². The first-order chi connectivity index (χ1) is 31.6. The molecular weight excluding hydrogens is 775 g/mol. The summed E-state index contributed by atoms with van der Waals surface area (Å²) >= 11 is 0. The highest BCUT2D eigenvalue weighted by molar-refractivity contribution is 5.89. The molecule has 0 spiro atoms. The Bertz CT molecular complexity index is 2880. The fourth-order valence-electron chi connectivity index (χ4n) is 8.18. The van der Waals surface area contributed by atoms with Gasteiger partial charge in [0, 0.05) is 51.1 Å². The molecule has 0 saturated carbocycles. The minimum Gasteiger partial charge on any atom is -0.311 e. The van der Waals surface area contributed by atoms with E-state index in [4.69, 9.17) is 0 Å². The highest BCUT2D eigenvalue weighted by atomic mass is 15.2. The lowest BCUT2D eigenvalue weighted by Gasteiger charge is -2.28. The Labute approximate surface area is 378 Å². The Morgan fingerprint density at radius 1 is 0.344 bits per heavy atom. The zero-order valence-electron chi connectivity index (χ0n) is 36.0. The first-order valence-electron chi connectivity index (χ1n) is 21.7. The van der Waals surface area contributed by atoms with Crippen molar-refractivity contribution in [1.29, 1.82) is 0 Å². The van der Waals surface area contributed by atoms with E-state index >= 15 is 0 Å². The van der Waals surface area contributed by atoms with Crippen LogP contribution in [0.3, 0.4) is 0 Å². The third-order valence-electron chi connectivity index (χ3n) is 11.4. The Balaban J connectivity index is 1.04. The predicted molar refractivity (Wildman–Crippen MR) is 274 cm³/mol. The molecule has 0 bridgehead atoms. The van der Waals surface area contributed by atoms with E-state index in [2.05, 4.69) is 277 Å². The maximum atomic E-state index is 4.21. The highest BCUT2D eigenvalue weighted by Crippen LogP contribution is 2.42. The van der Waals surface area contributed by atoms with Crippen molar-refractivity contribution in [2.24, 2.45) is 0 Å². The molecule has 0 atom stereocenters. The quantitative estimate of drug-likeness (QED) is 0.101. The molecule has 0 aliphatic carbocycles. The van der Waals surface area contributed by atoms with Gasteiger partial charge in [0.05, 0.1) is 5.69 Å². The molecular formula is C61H49N3. The first kappa shape index (κ1) is 41.0. The average molecular weight is 824 g/mol. The van der Waals surface area contributed by atoms with E-state index in [-0.39, 0.29) is 0 Å². The zero-order valence-corrected chi connectivity index (χ0v) is 36.0. The lowest BCUT2D eigenvalue weighted by Crippen LogP contribution is -2.14. The van der Waals surface area contributed by atoms with Crippen LogP contribution in [0.4, 0.5) is 45.5 Å². The number of nitrogens with zero attached hydrogens (tertiary/aromatic N) is 3. The Kier molecular flexibility index (Phi) is 12.5. The molecule has 3 nitrogen and oxygen atoms in total. The molecule has 308 valence electrons. The first-order valence-corrected chi connectivity index (χ1v) is 21.7. The molecule has 0 aromatic heterocycles. The van der Waals surface area contributed by atoms with Crippen molar-refractivity contribution >= 4 is 51.1 Å². The van der Waals surface area contributed by atoms with Crippen LogP contribution in [0, 0.1) is 0 Å². The van der Waals surface area contributed by atoms with Gasteiger partial charge >= 0.3 is 0 Å². The van der Waals surface area contributed by atoms with Gasteiger partial charge in [0.25, 0.3) is 0 Å². The Morgan fingerprint density at radius 2 is 0.719 bits per heavy atom. The monoisotopic (exact) mass is 823 g/mol. The summed E-state index contributed by atoms with van der Waals surface area (Å²) in [5, 5.41) is 0. The van der Waals surface area contributed by atoms with Gasteiger partial charge in [0.1, 0.15) is 0 Å². The molecule has 9 rings (SSSR count). The topological polar surface area (TPSA) is 9.72 Å². The fraction of sp³-hybridized carbons (Fsp3) is 0.0164. The lowest BCUT2D eigenvalue weighted by atomic mass is 10.0. The molecule has 0 saturated heterocycles. The van der Waals surface area contributed by atoms with Gasteiger partial charge in [-0.05, 0) is 138 Å². The van der Waals surface area contributed by atoms with Crippen molar-refractivity contribution in [1.82, 2.24) is 0 Å². The molecule has 9 aromatic carbocycles. The molecule has 0 amide bonds. The largest absolute Gasteiger partial charge is 0.311 e. The van der Waals surface area contributed by atoms with Gasteiger partial charge in [0.15, 0.2) is 0 Å². The SMILES string of the molecule is C=C/C(=C\C=C(/C)c1ccc(N(c2ccc(-c3ccc(N(c4ccccc4)c4ccccc4)cc3)cc2)c2ccccc2-c2ccccc2)cc1)N(c1ccccc1)c1ccccc1. The van der Waals surface area contributed by atoms with Crippen LogP contribution in [0.1, 0.15) is 12.5 Å². The van der Waals surface area contributed by atoms with Crippen LogP contribution in [0.25, 0.3) is 27.8 Å². The van der Waals surface area contributed by atoms with E-state index in [1.165, 1.54) is 5.56 Å². The predicted octanol–water partition coefficient (Wildman–Crippen LogP) is 17.3. The number of hydrogen-bond donors (Lipinski definition) is 0. The summed E-state index contributed by atoms with van der Waals surface area (Å²) in [6.45, 7) is 6.37. The molecule has 0 aliphatic heterocycles. The molecule has 64 heavy (non-hydrogen) atoms. The van der Waals surface area contributed by atoms with Crippen LogP contribution in [0.15, 0.2) is 279 Å². The van der Waals surface area contributed by atoms with E-state index in [9.17, 15) is 0 Å². The standard InChI is InChI=1S/C61H49N3/c1-3-52(62(53-23-11-5-12-24-53)54-25-13-6-14-26-54)40-33-47(2)48-34-41-58(42-35-48)64(61-32-20-19-31-60(61)51-21-9-4-10-22-51)59-45-38-50(39-46-59)49-36-43-57(44-37-49)63(55-27-15-7-16-28-55)56-29-17-8-18-30-56/h3-46H,1H2,2H3/b47-33+,52-40+. The maximum absolute atomic E-state index is 4.21. The van der Waals surface area contributed by atoms with Crippen molar-refractivity contribution < 1.29 is 0 Å². The second-order valence-corrected chi connectivity index (χ2v) is 15.5. The molecule has 0 aliphatic rings. The number of hydrogen-bond acceptors (Lipinski definition) is 3. The lowest BCUT2D eigenvalue weighted by molar-refractivity contribution is 1.21. The number of rotatable bonds is 14. The molecule has 9 aromatic rings. The van der Waals surface area contributed by atoms with Gasteiger partial charge in [-0.1, -0.05) is 170 Å². The van der Waals surface area contributed by atoms with Crippen molar-refractivity contribution in [3.63, 3.8) is 0 Å². The summed E-state index contributed by atoms with van der Waals surface area (Å²) in [7, 11) is 0. The van der Waals surface area contributed by atoms with Crippen molar-refractivity contribution in [2.75, 3.05) is 14.7 Å². The van der Waals surface area contributed by atoms with E-state index < -0.39 is 0 Å². The minimum absolute atomic E-state index is 0.984. The molecule has 0 N–H and O–H groups in total. The summed E-state index contributed by atoms with van der Waals surface area (Å²) in [4.78, 5) is 6.88. The smallest absolute Gasteiger partial charge is 0.0540 e. The van der Waals surface area contributed by atoms with Crippen LogP contribution < -0.4 is 14.7 Å². The van der Waals surface area contributed by atoms with Crippen LogP contribution in [0.5, 0.6) is 0 Å². The molecule has 0 radical (unpaired) electrons. The van der Waals surface area contributed by atoms with E-state index in [0.717, 1.165) is 79.0 Å². The summed E-state index contributed by atoms with van der Waals surface area (Å²) < 4.78 is 0. The van der Waals surface area contributed by atoms with Crippen LogP contribution in [0.2, 0.25) is 0 Å². The summed E-state index contributed by atoms with van der Waals surface area (Å²) in [5.41, 5.74) is 16.6. The third-order valence-corrected chi connectivity index (χ3v) is 11.4. The minimum atomic E-state index is 0.984. The third kappa shape index (κ3) is 9.11. The summed E-state index contributed by atoms with van der Waals surface area (Å²) in [6, 6.07) is 87.9. The average Bonchev–Trinajstić information content (AvgIpc) is 3.37. The number of anilines is 8. The Hall–Kier alpha value is -8.40. The van der Waals surface area contributed by atoms with Crippen molar-refractivity contribution in [3.8, 4) is 22.3 Å². The van der Waals surface area contributed by atoms with E-state index in [1.807, 2.05) is 18.2 Å². The molecule has 0 fully saturated rings. The number of allylic oxidation sites excluding steroid dienone is 4. The number of benzene rings is 9. The van der Waals surface area contributed by atoms with Crippen LogP contribution >= 0.6 is 0 Å². The molecule has 3 heteroatoms. The number of para-hydroxylation sites is 5. The van der Waals surface area contributed by atoms with Gasteiger partial charge in [-0.25, -0.2) is 0 Å². The van der Waals surface area contributed by atoms with Gasteiger partial charge in [0.2, 0.25) is 0 Å². The Morgan fingerprint density at radius 3 is 1.19 bits per heavy atom. The van der Waals surface area contributed by atoms with E-state index in [1.54, 1.807) is 0 Å². The van der Waals surface area contributed by atoms with Crippen LogP contribution in [-0.2, 0) is 0 Å². The normalized spacial score (nSPS) is 11.5. The highest BCUT2D eigenvalue weighted by Gasteiger charge is 2.18. The van der Waals surface area contributed by atoms with Crippen molar-refractivity contribution in [3.05, 3.63) is 285 Å². The second-order valence-electron chi connectivity index (χ2n) is 15.5. The molecule has 0 unspecified atom stereocenters. The fourth-order valence-corrected chi connectivity index (χ4v) is 8.18. The zero-order chi connectivity index (χ0) is 43.5. The van der Waals surface area contributed by atoms with Gasteiger partial charge in [-0.3, -0.25) is 0 Å². The molecule has 0 heterocycles. The van der Waals surface area contributed by atoms with Crippen LogP contribution in [-0.4, -0.2) is 0 Å². The van der Waals surface area contributed by atoms with E-state index in [0.29, 0.717) is 0 Å². The summed E-state index contributed by atoms with van der Waals surface area (Å²) in [6.07, 6.45) is 6.25. The van der Waals surface area contributed by atoms with Gasteiger partial charge in [-0.15, -0.1) is 0 Å². The van der Waals surface area contributed by atoms with Crippen molar-refractivity contribution in [2.45, 2.75) is 6.92 Å². The van der Waals surface area contributed by atoms with Gasteiger partial charge in [-0.2, -0.15) is 0 Å².